The van der Waals surface area contributed by atoms with Crippen LogP contribution in [0.5, 0.6) is 0 Å². The first-order valence-corrected chi connectivity index (χ1v) is 8.07. The van der Waals surface area contributed by atoms with Crippen molar-refractivity contribution in [1.29, 1.82) is 0 Å². The van der Waals surface area contributed by atoms with E-state index < -0.39 is 11.8 Å². The lowest BCUT2D eigenvalue weighted by Gasteiger charge is -2.02. The summed E-state index contributed by atoms with van der Waals surface area (Å²) < 4.78 is 0. The summed E-state index contributed by atoms with van der Waals surface area (Å²) in [5.74, 6) is -1.05. The van der Waals surface area contributed by atoms with Crippen LogP contribution in [0.1, 0.15) is 21.6 Å². The van der Waals surface area contributed by atoms with Gasteiger partial charge in [0.2, 0.25) is 0 Å². The minimum absolute atomic E-state index is 0.380. The normalized spacial score (nSPS) is 11.1. The van der Waals surface area contributed by atoms with Crippen LogP contribution in [0.2, 0.25) is 0 Å². The number of aromatic nitrogens is 1. The molecule has 3 aromatic rings. The minimum atomic E-state index is -0.655. The maximum absolute atomic E-state index is 12.2. The molecule has 0 saturated carbocycles. The van der Waals surface area contributed by atoms with Crippen LogP contribution >= 0.6 is 0 Å². The van der Waals surface area contributed by atoms with Gasteiger partial charge in [-0.2, -0.15) is 5.10 Å². The smallest absolute Gasteiger partial charge is 0.271 e. The lowest BCUT2D eigenvalue weighted by molar-refractivity contribution is -0.124. The summed E-state index contributed by atoms with van der Waals surface area (Å²) in [6.07, 6.45) is 4.10. The molecule has 3 N–H and O–H groups in total. The van der Waals surface area contributed by atoms with Crippen molar-refractivity contribution in [3.63, 3.8) is 0 Å². The number of hydrogen-bond donors (Lipinski definition) is 3. The Morgan fingerprint density at radius 2 is 1.89 bits per heavy atom. The number of hydrazone groups is 1. The summed E-state index contributed by atoms with van der Waals surface area (Å²) in [4.78, 5) is 27.7. The van der Waals surface area contributed by atoms with Crippen molar-refractivity contribution >= 4 is 35.0 Å². The maximum atomic E-state index is 12.2. The van der Waals surface area contributed by atoms with Crippen molar-refractivity contribution in [2.75, 3.05) is 0 Å². The molecule has 0 spiro atoms. The van der Waals surface area contributed by atoms with E-state index in [2.05, 4.69) is 15.5 Å². The van der Waals surface area contributed by atoms with Crippen molar-refractivity contribution < 1.29 is 14.8 Å². The van der Waals surface area contributed by atoms with E-state index in [1.807, 2.05) is 36.4 Å². The molecule has 0 aliphatic rings. The average molecular weight is 360 g/mol. The lowest BCUT2D eigenvalue weighted by Crippen LogP contribution is -2.17. The number of hydrogen-bond acceptors (Lipinski definition) is 5. The lowest BCUT2D eigenvalue weighted by atomic mass is 10.1. The number of hydroxylamine groups is 1. The van der Waals surface area contributed by atoms with Crippen LogP contribution in [0.3, 0.4) is 0 Å². The number of fused-ring (bicyclic) bond motifs is 1. The van der Waals surface area contributed by atoms with Gasteiger partial charge in [-0.05, 0) is 35.9 Å². The van der Waals surface area contributed by atoms with Gasteiger partial charge in [-0.25, -0.2) is 15.9 Å². The number of carbonyl (C=O) groups is 2. The van der Waals surface area contributed by atoms with Gasteiger partial charge in [-0.3, -0.25) is 14.8 Å². The third kappa shape index (κ3) is 4.83. The number of pyridine rings is 1. The van der Waals surface area contributed by atoms with Gasteiger partial charge in [0, 0.05) is 17.0 Å². The summed E-state index contributed by atoms with van der Waals surface area (Å²) in [7, 11) is 0. The van der Waals surface area contributed by atoms with E-state index in [4.69, 9.17) is 5.21 Å². The number of para-hydroxylation sites is 1. The molecule has 0 aliphatic carbocycles. The predicted octanol–water partition coefficient (Wildman–Crippen LogP) is 2.52. The second-order valence-corrected chi connectivity index (χ2v) is 5.56. The van der Waals surface area contributed by atoms with Crippen LogP contribution < -0.4 is 10.9 Å². The second-order valence-electron chi connectivity index (χ2n) is 5.56. The van der Waals surface area contributed by atoms with E-state index in [9.17, 15) is 9.59 Å². The van der Waals surface area contributed by atoms with Gasteiger partial charge in [-0.15, -0.1) is 0 Å². The monoisotopic (exact) mass is 360 g/mol. The first kappa shape index (κ1) is 18.0. The Labute approximate surface area is 155 Å². The van der Waals surface area contributed by atoms with Crippen molar-refractivity contribution in [2.24, 2.45) is 5.10 Å². The molecule has 1 aromatic heterocycles. The fourth-order valence-electron chi connectivity index (χ4n) is 2.37. The highest BCUT2D eigenvalue weighted by atomic mass is 16.5. The van der Waals surface area contributed by atoms with Crippen molar-refractivity contribution in [2.45, 2.75) is 0 Å². The maximum Gasteiger partial charge on any atom is 0.271 e. The SMILES string of the molecule is O=C(/C=C/c1cccc(C(=O)N/N=C/c2ccc3ccccc3n2)c1)NO. The molecular formula is C20H16N4O3. The summed E-state index contributed by atoms with van der Waals surface area (Å²) in [6, 6.07) is 18.1. The average Bonchev–Trinajstić information content (AvgIpc) is 2.72. The van der Waals surface area contributed by atoms with E-state index in [1.54, 1.807) is 24.3 Å². The number of nitrogens with zero attached hydrogens (tertiary/aromatic N) is 2. The molecule has 0 unspecified atom stereocenters. The molecule has 7 nitrogen and oxygen atoms in total. The highest BCUT2D eigenvalue weighted by Gasteiger charge is 2.04. The Hall–Kier alpha value is -3.84. The van der Waals surface area contributed by atoms with Crippen LogP contribution in [-0.2, 0) is 4.79 Å². The number of carbonyl (C=O) groups excluding carboxylic acids is 2. The molecule has 0 aliphatic heterocycles. The summed E-state index contributed by atoms with van der Waals surface area (Å²) in [5.41, 5.74) is 6.43. The Kier molecular flexibility index (Phi) is 5.66. The van der Waals surface area contributed by atoms with Crippen molar-refractivity contribution in [3.05, 3.63) is 83.6 Å². The van der Waals surface area contributed by atoms with Crippen LogP contribution in [0.15, 0.2) is 71.8 Å². The van der Waals surface area contributed by atoms with Gasteiger partial charge >= 0.3 is 0 Å². The molecule has 134 valence electrons. The van der Waals surface area contributed by atoms with Crippen molar-refractivity contribution in [1.82, 2.24) is 15.9 Å². The Morgan fingerprint density at radius 3 is 2.74 bits per heavy atom. The number of nitrogens with one attached hydrogen (secondary N) is 2. The van der Waals surface area contributed by atoms with Gasteiger partial charge in [0.15, 0.2) is 0 Å². The fraction of sp³-hybridized carbons (Fsp3) is 0. The quantitative estimate of drug-likeness (QED) is 0.281. The zero-order valence-corrected chi connectivity index (χ0v) is 14.2. The highest BCUT2D eigenvalue weighted by Crippen LogP contribution is 2.11. The Bertz CT molecular complexity index is 1040. The van der Waals surface area contributed by atoms with Crippen LogP contribution in [0.4, 0.5) is 0 Å². The van der Waals surface area contributed by atoms with E-state index in [1.165, 1.54) is 17.8 Å². The summed E-state index contributed by atoms with van der Waals surface area (Å²) >= 11 is 0. The zero-order chi connectivity index (χ0) is 19.1. The molecule has 0 atom stereocenters. The molecule has 0 radical (unpaired) electrons. The minimum Gasteiger partial charge on any atom is -0.288 e. The molecule has 1 heterocycles. The fourth-order valence-corrected chi connectivity index (χ4v) is 2.37. The van der Waals surface area contributed by atoms with Gasteiger partial charge in [0.05, 0.1) is 17.4 Å². The van der Waals surface area contributed by atoms with Gasteiger partial charge < -0.3 is 0 Å². The molecular weight excluding hydrogens is 344 g/mol. The molecule has 0 bridgehead atoms. The third-order valence-electron chi connectivity index (χ3n) is 3.67. The summed E-state index contributed by atoms with van der Waals surface area (Å²) in [6.45, 7) is 0. The standard InChI is InChI=1S/C20H16N4O3/c25-19(24-27)11-8-14-4-3-6-16(12-14)20(26)23-21-13-17-10-9-15-5-1-2-7-18(15)22-17/h1-13,27H,(H,23,26)(H,24,25)/b11-8+,21-13+. The molecule has 3 rings (SSSR count). The molecule has 7 heteroatoms. The largest absolute Gasteiger partial charge is 0.288 e. The van der Waals surface area contributed by atoms with Gasteiger partial charge in [0.1, 0.15) is 0 Å². The van der Waals surface area contributed by atoms with E-state index >= 15 is 0 Å². The summed E-state index contributed by atoms with van der Waals surface area (Å²) in [5, 5.41) is 13.4. The molecule has 2 amide bonds. The molecule has 0 fully saturated rings. The molecule has 0 saturated heterocycles. The van der Waals surface area contributed by atoms with Gasteiger partial charge in [0.25, 0.3) is 11.8 Å². The number of benzene rings is 2. The third-order valence-corrected chi connectivity index (χ3v) is 3.67. The van der Waals surface area contributed by atoms with E-state index in [-0.39, 0.29) is 0 Å². The molecule has 27 heavy (non-hydrogen) atoms. The van der Waals surface area contributed by atoms with Crippen LogP contribution in [0.25, 0.3) is 17.0 Å². The topological polar surface area (TPSA) is 104 Å². The van der Waals surface area contributed by atoms with E-state index in [0.717, 1.165) is 17.0 Å². The second kappa shape index (κ2) is 8.50. The Morgan fingerprint density at radius 1 is 1.04 bits per heavy atom. The first-order valence-electron chi connectivity index (χ1n) is 8.07. The van der Waals surface area contributed by atoms with Crippen LogP contribution in [0, 0.1) is 0 Å². The van der Waals surface area contributed by atoms with Crippen molar-refractivity contribution in [3.8, 4) is 0 Å². The molecule has 2 aromatic carbocycles. The Balaban J connectivity index is 1.67. The first-order chi connectivity index (χ1) is 13.2. The van der Waals surface area contributed by atoms with Crippen LogP contribution in [-0.4, -0.2) is 28.2 Å². The number of amides is 2. The van der Waals surface area contributed by atoms with E-state index in [0.29, 0.717) is 16.8 Å². The highest BCUT2D eigenvalue weighted by molar-refractivity contribution is 5.96. The number of rotatable bonds is 5. The van der Waals surface area contributed by atoms with Gasteiger partial charge in [-0.1, -0.05) is 36.4 Å². The zero-order valence-electron chi connectivity index (χ0n) is 14.2. The predicted molar refractivity (Wildman–Crippen MR) is 102 cm³/mol.